The zero-order valence-corrected chi connectivity index (χ0v) is 16.7. The highest BCUT2D eigenvalue weighted by Crippen LogP contribution is 2.39. The van der Waals surface area contributed by atoms with Crippen molar-refractivity contribution in [2.24, 2.45) is 0 Å². The Hall–Kier alpha value is -2.51. The smallest absolute Gasteiger partial charge is 0.387 e. The van der Waals surface area contributed by atoms with E-state index in [9.17, 15) is 19.2 Å². The van der Waals surface area contributed by atoms with Gasteiger partial charge < -0.3 is 30.1 Å². The van der Waals surface area contributed by atoms with Crippen LogP contribution in [0.15, 0.2) is 36.9 Å². The maximum Gasteiger partial charge on any atom is 0.469 e. The van der Waals surface area contributed by atoms with Gasteiger partial charge in [0.2, 0.25) is 0 Å². The van der Waals surface area contributed by atoms with Crippen LogP contribution in [-0.2, 0) is 20.4 Å². The fraction of sp³-hybridized carbons (Fsp3) is 0.353. The molecule has 31 heavy (non-hydrogen) atoms. The molecule has 166 valence electrons. The van der Waals surface area contributed by atoms with Crippen molar-refractivity contribution in [2.45, 2.75) is 31.1 Å². The molecule has 12 nitrogen and oxygen atoms in total. The van der Waals surface area contributed by atoms with Crippen molar-refractivity contribution in [3.8, 4) is 0 Å². The number of phosphoric ester groups is 1. The molecule has 14 heteroatoms. The van der Waals surface area contributed by atoms with E-state index in [2.05, 4.69) is 24.8 Å². The summed E-state index contributed by atoms with van der Waals surface area (Å²) in [5.74, 6) is -0.0488. The molecular weight excluding hydrogens is 436 g/mol. The van der Waals surface area contributed by atoms with Crippen molar-refractivity contribution < 1.29 is 38.2 Å². The number of nitrogens with one attached hydrogen (secondary N) is 1. The summed E-state index contributed by atoms with van der Waals surface area (Å²) in [7, 11) is -4.77. The average Bonchev–Trinajstić information content (AvgIpc) is 3.27. The van der Waals surface area contributed by atoms with Crippen LogP contribution in [0.25, 0.3) is 11.2 Å². The Morgan fingerprint density at radius 1 is 1.19 bits per heavy atom. The summed E-state index contributed by atoms with van der Waals surface area (Å²) in [6.07, 6.45) is -2.66. The number of benzene rings is 1. The second-order valence-corrected chi connectivity index (χ2v) is 8.06. The second kappa shape index (κ2) is 8.55. The summed E-state index contributed by atoms with van der Waals surface area (Å²) in [5, 5.41) is 23.5. The minimum absolute atomic E-state index is 0.148. The van der Waals surface area contributed by atoms with Gasteiger partial charge in [0.1, 0.15) is 30.5 Å². The molecule has 0 aliphatic carbocycles. The van der Waals surface area contributed by atoms with E-state index in [1.807, 2.05) is 0 Å². The normalized spacial score (nSPS) is 24.0. The first-order valence-corrected chi connectivity index (χ1v) is 10.6. The van der Waals surface area contributed by atoms with Gasteiger partial charge >= 0.3 is 7.82 Å². The average molecular weight is 455 g/mol. The topological polar surface area (TPSA) is 172 Å². The van der Waals surface area contributed by atoms with Gasteiger partial charge in [-0.25, -0.2) is 23.9 Å². The Morgan fingerprint density at radius 3 is 2.71 bits per heavy atom. The molecule has 1 aliphatic heterocycles. The van der Waals surface area contributed by atoms with E-state index in [0.717, 1.165) is 0 Å². The van der Waals surface area contributed by atoms with Crippen LogP contribution in [0.2, 0.25) is 0 Å². The van der Waals surface area contributed by atoms with E-state index in [0.29, 0.717) is 16.9 Å². The number of rotatable bonds is 7. The van der Waals surface area contributed by atoms with Crippen LogP contribution in [0.4, 0.5) is 10.2 Å². The highest BCUT2D eigenvalue weighted by atomic mass is 31.2. The number of halogens is 1. The third-order valence-electron chi connectivity index (χ3n) is 4.78. The quantitative estimate of drug-likeness (QED) is 0.310. The van der Waals surface area contributed by atoms with Gasteiger partial charge in [0.05, 0.1) is 12.9 Å². The predicted molar refractivity (Wildman–Crippen MR) is 103 cm³/mol. The minimum Gasteiger partial charge on any atom is -0.387 e. The number of nitrogens with zero attached hydrogens (tertiary/aromatic N) is 4. The molecule has 4 atom stereocenters. The summed E-state index contributed by atoms with van der Waals surface area (Å²) in [6, 6.07) is 6.27. The molecule has 0 amide bonds. The number of ether oxygens (including phenoxy) is 1. The van der Waals surface area contributed by atoms with Gasteiger partial charge in [0.15, 0.2) is 23.2 Å². The second-order valence-electron chi connectivity index (χ2n) is 6.82. The number of aromatic nitrogens is 4. The Kier molecular flexibility index (Phi) is 5.99. The minimum atomic E-state index is -4.77. The first-order valence-electron chi connectivity index (χ1n) is 9.11. The van der Waals surface area contributed by atoms with Crippen molar-refractivity contribution in [3.63, 3.8) is 0 Å². The van der Waals surface area contributed by atoms with E-state index in [1.165, 1.54) is 23.3 Å². The van der Waals surface area contributed by atoms with Crippen LogP contribution in [0.3, 0.4) is 0 Å². The molecule has 0 saturated carbocycles. The number of anilines is 1. The molecular formula is C17H19FN5O7P. The van der Waals surface area contributed by atoms with Crippen molar-refractivity contribution in [3.05, 3.63) is 48.3 Å². The molecule has 1 aliphatic rings. The standard InChI is InChI=1S/C17H19FN5O7P/c18-10-4-2-1-3-9(10)5-19-15-12-16(21-7-20-15)23(8-22-12)17-14(25)13(24)11(30-17)6-29-31(26,27)28/h1-4,7-8,11,13-14,17,24-25H,5-6H2,(H,19,20,21)(H2,26,27,28)/t11-,13-,14-,17-/m1/s1. The summed E-state index contributed by atoms with van der Waals surface area (Å²) in [6.45, 7) is -0.481. The van der Waals surface area contributed by atoms with Gasteiger partial charge in [-0.3, -0.25) is 9.09 Å². The van der Waals surface area contributed by atoms with Crippen LogP contribution in [-0.4, -0.2) is 64.4 Å². The van der Waals surface area contributed by atoms with Gasteiger partial charge in [-0.1, -0.05) is 18.2 Å². The van der Waals surface area contributed by atoms with Crippen LogP contribution in [0.1, 0.15) is 11.8 Å². The monoisotopic (exact) mass is 455 g/mol. The molecule has 1 fully saturated rings. The van der Waals surface area contributed by atoms with E-state index in [4.69, 9.17) is 14.5 Å². The first kappa shape index (κ1) is 21.7. The molecule has 0 unspecified atom stereocenters. The summed E-state index contributed by atoms with van der Waals surface area (Å²) < 4.78 is 36.0. The zero-order valence-electron chi connectivity index (χ0n) is 15.8. The van der Waals surface area contributed by atoms with E-state index >= 15 is 0 Å². The first-order chi connectivity index (χ1) is 14.7. The van der Waals surface area contributed by atoms with Crippen LogP contribution in [0.5, 0.6) is 0 Å². The molecule has 0 spiro atoms. The molecule has 1 saturated heterocycles. The molecule has 3 aromatic rings. The van der Waals surface area contributed by atoms with Gasteiger partial charge in [-0.15, -0.1) is 0 Å². The SMILES string of the molecule is O=P(O)(O)OC[C@H]1O[C@@H](n2cnc3c(NCc4ccccc4F)ncnc32)[C@H](O)[C@@H]1O. The Labute approximate surface area is 174 Å². The third kappa shape index (κ3) is 4.57. The number of hydrogen-bond acceptors (Lipinski definition) is 9. The number of hydrogen-bond donors (Lipinski definition) is 5. The van der Waals surface area contributed by atoms with Crippen LogP contribution < -0.4 is 5.32 Å². The van der Waals surface area contributed by atoms with Gasteiger partial charge in [-0.05, 0) is 6.07 Å². The van der Waals surface area contributed by atoms with Crippen molar-refractivity contribution in [2.75, 3.05) is 11.9 Å². The molecule has 0 bridgehead atoms. The lowest BCUT2D eigenvalue weighted by molar-refractivity contribution is -0.0504. The van der Waals surface area contributed by atoms with Gasteiger partial charge in [0.25, 0.3) is 0 Å². The summed E-state index contributed by atoms with van der Waals surface area (Å²) in [5.41, 5.74) is 1.01. The lowest BCUT2D eigenvalue weighted by Gasteiger charge is -2.16. The number of aliphatic hydroxyl groups is 2. The molecule has 5 N–H and O–H groups in total. The van der Waals surface area contributed by atoms with Crippen LogP contribution in [0, 0.1) is 5.82 Å². The molecule has 2 aromatic heterocycles. The highest BCUT2D eigenvalue weighted by molar-refractivity contribution is 7.46. The van der Waals surface area contributed by atoms with Crippen molar-refractivity contribution >= 4 is 24.8 Å². The maximum atomic E-state index is 13.8. The summed E-state index contributed by atoms with van der Waals surface area (Å²) >= 11 is 0. The summed E-state index contributed by atoms with van der Waals surface area (Å²) in [4.78, 5) is 30.1. The molecule has 4 rings (SSSR count). The number of fused-ring (bicyclic) bond motifs is 1. The molecule has 1 aromatic carbocycles. The highest BCUT2D eigenvalue weighted by Gasteiger charge is 2.45. The van der Waals surface area contributed by atoms with E-state index < -0.39 is 39.0 Å². The Bertz CT molecular complexity index is 1130. The van der Waals surface area contributed by atoms with Crippen molar-refractivity contribution in [1.29, 1.82) is 0 Å². The fourth-order valence-electron chi connectivity index (χ4n) is 3.26. The predicted octanol–water partition coefficient (Wildman–Crippen LogP) is 0.306. The maximum absolute atomic E-state index is 13.8. The third-order valence-corrected chi connectivity index (χ3v) is 5.27. The zero-order chi connectivity index (χ0) is 22.2. The van der Waals surface area contributed by atoms with Gasteiger partial charge in [-0.2, -0.15) is 0 Å². The lowest BCUT2D eigenvalue weighted by atomic mass is 10.1. The molecule has 0 radical (unpaired) electrons. The Morgan fingerprint density at radius 2 is 1.97 bits per heavy atom. The lowest BCUT2D eigenvalue weighted by Crippen LogP contribution is -2.33. The largest absolute Gasteiger partial charge is 0.469 e. The van der Waals surface area contributed by atoms with E-state index in [-0.39, 0.29) is 18.0 Å². The van der Waals surface area contributed by atoms with E-state index in [1.54, 1.807) is 18.2 Å². The van der Waals surface area contributed by atoms with Gasteiger partial charge in [0, 0.05) is 12.1 Å². The van der Waals surface area contributed by atoms with Crippen LogP contribution >= 0.6 is 7.82 Å². The molecule has 3 heterocycles. The fourth-order valence-corrected chi connectivity index (χ4v) is 3.60. The Balaban J connectivity index is 1.55. The number of imidazole rings is 1. The number of aliphatic hydroxyl groups excluding tert-OH is 2. The number of phosphoric acid groups is 1. The van der Waals surface area contributed by atoms with Crippen molar-refractivity contribution in [1.82, 2.24) is 19.5 Å².